The number of carbonyl (C=O) groups excluding carboxylic acids is 1. The fourth-order valence-corrected chi connectivity index (χ4v) is 1.81. The normalized spacial score (nSPS) is 10.8. The number of amides is 1. The lowest BCUT2D eigenvalue weighted by Gasteiger charge is -2.04. The number of fused-ring (bicyclic) bond motifs is 1. The molecule has 0 aliphatic heterocycles. The molecule has 0 saturated carbocycles. The number of hydrogen-bond acceptors (Lipinski definition) is 3. The van der Waals surface area contributed by atoms with Crippen molar-refractivity contribution in [3.05, 3.63) is 35.3 Å². The van der Waals surface area contributed by atoms with Gasteiger partial charge in [-0.15, -0.1) is 0 Å². The van der Waals surface area contributed by atoms with Crippen molar-refractivity contribution < 1.29 is 4.79 Å². The van der Waals surface area contributed by atoms with E-state index in [2.05, 4.69) is 10.3 Å². The average Bonchev–Trinajstić information content (AvgIpc) is 2.61. The van der Waals surface area contributed by atoms with Gasteiger partial charge in [-0.2, -0.15) is 0 Å². The van der Waals surface area contributed by atoms with E-state index in [1.807, 2.05) is 32.2 Å². The number of nitrogens with zero attached hydrogens (tertiary/aromatic N) is 2. The van der Waals surface area contributed by atoms with Gasteiger partial charge in [-0.3, -0.25) is 9.20 Å². The monoisotopic (exact) mass is 232 g/mol. The second-order valence-electron chi connectivity index (χ2n) is 4.02. The first-order chi connectivity index (χ1) is 8.13. The van der Waals surface area contributed by atoms with Crippen LogP contribution in [0, 0.1) is 13.8 Å². The number of pyridine rings is 1. The number of imidazole rings is 1. The molecule has 90 valence electrons. The van der Waals surface area contributed by atoms with Gasteiger partial charge in [0.1, 0.15) is 11.3 Å². The van der Waals surface area contributed by atoms with Crippen LogP contribution >= 0.6 is 0 Å². The van der Waals surface area contributed by atoms with Gasteiger partial charge in [-0.05, 0) is 31.5 Å². The molecule has 5 heteroatoms. The lowest BCUT2D eigenvalue weighted by molar-refractivity contribution is 0.0948. The minimum Gasteiger partial charge on any atom is -0.349 e. The van der Waals surface area contributed by atoms with E-state index in [9.17, 15) is 4.79 Å². The van der Waals surface area contributed by atoms with E-state index in [1.165, 1.54) is 0 Å². The third kappa shape index (κ3) is 2.14. The van der Waals surface area contributed by atoms with Crippen molar-refractivity contribution in [3.63, 3.8) is 0 Å². The maximum absolute atomic E-state index is 12.0. The van der Waals surface area contributed by atoms with Crippen molar-refractivity contribution in [3.8, 4) is 0 Å². The summed E-state index contributed by atoms with van der Waals surface area (Å²) >= 11 is 0. The minimum atomic E-state index is -0.135. The van der Waals surface area contributed by atoms with Gasteiger partial charge in [0.25, 0.3) is 5.91 Å². The van der Waals surface area contributed by atoms with Gasteiger partial charge in [0.2, 0.25) is 0 Å². The smallest absolute Gasteiger partial charge is 0.270 e. The van der Waals surface area contributed by atoms with Crippen molar-refractivity contribution in [2.24, 2.45) is 5.73 Å². The molecule has 5 nitrogen and oxygen atoms in total. The lowest BCUT2D eigenvalue weighted by atomic mass is 10.3. The second-order valence-corrected chi connectivity index (χ2v) is 4.02. The Labute approximate surface area is 99.6 Å². The van der Waals surface area contributed by atoms with E-state index in [0.717, 1.165) is 16.9 Å². The summed E-state index contributed by atoms with van der Waals surface area (Å²) in [6.45, 7) is 4.73. The zero-order valence-corrected chi connectivity index (χ0v) is 10.0. The van der Waals surface area contributed by atoms with Gasteiger partial charge in [0.05, 0.1) is 5.69 Å². The maximum atomic E-state index is 12.0. The summed E-state index contributed by atoms with van der Waals surface area (Å²) in [5, 5.41) is 2.76. The molecule has 0 unspecified atom stereocenters. The highest BCUT2D eigenvalue weighted by atomic mass is 16.1. The van der Waals surface area contributed by atoms with Gasteiger partial charge in [0.15, 0.2) is 0 Å². The fourth-order valence-electron chi connectivity index (χ4n) is 1.81. The first-order valence-corrected chi connectivity index (χ1v) is 5.57. The number of hydrogen-bond donors (Lipinski definition) is 2. The van der Waals surface area contributed by atoms with Crippen LogP contribution in [0.25, 0.3) is 5.65 Å². The maximum Gasteiger partial charge on any atom is 0.270 e. The van der Waals surface area contributed by atoms with E-state index in [4.69, 9.17) is 5.73 Å². The van der Waals surface area contributed by atoms with Crippen LogP contribution in [0.4, 0.5) is 0 Å². The fraction of sp³-hybridized carbons (Fsp3) is 0.333. The van der Waals surface area contributed by atoms with Crippen LogP contribution < -0.4 is 11.1 Å². The SMILES string of the molecule is Cc1ccn2c(C(=O)NCCN)c(C)nc2c1. The molecule has 2 aromatic heterocycles. The molecule has 0 saturated heterocycles. The summed E-state index contributed by atoms with van der Waals surface area (Å²) in [6.07, 6.45) is 1.86. The molecule has 2 aromatic rings. The molecular weight excluding hydrogens is 216 g/mol. The zero-order chi connectivity index (χ0) is 12.4. The van der Waals surface area contributed by atoms with Crippen LogP contribution in [0.2, 0.25) is 0 Å². The highest BCUT2D eigenvalue weighted by Gasteiger charge is 2.15. The Hall–Kier alpha value is -1.88. The number of nitrogens with two attached hydrogens (primary N) is 1. The van der Waals surface area contributed by atoms with Crippen LogP contribution in [0.5, 0.6) is 0 Å². The second kappa shape index (κ2) is 4.55. The largest absolute Gasteiger partial charge is 0.349 e. The van der Waals surface area contributed by atoms with Crippen molar-refractivity contribution in [1.82, 2.24) is 14.7 Å². The predicted octanol–water partition coefficient (Wildman–Crippen LogP) is 0.640. The summed E-state index contributed by atoms with van der Waals surface area (Å²) in [7, 11) is 0. The predicted molar refractivity (Wildman–Crippen MR) is 66.1 cm³/mol. The molecule has 0 fully saturated rings. The zero-order valence-electron chi connectivity index (χ0n) is 10.0. The quantitative estimate of drug-likeness (QED) is 0.815. The van der Waals surface area contributed by atoms with Crippen molar-refractivity contribution >= 4 is 11.6 Å². The number of rotatable bonds is 3. The van der Waals surface area contributed by atoms with Crippen LogP contribution in [0.3, 0.4) is 0 Å². The molecule has 3 N–H and O–H groups in total. The molecule has 1 amide bonds. The molecule has 0 radical (unpaired) electrons. The molecule has 17 heavy (non-hydrogen) atoms. The summed E-state index contributed by atoms with van der Waals surface area (Å²) in [5.41, 5.74) is 8.58. The lowest BCUT2D eigenvalue weighted by Crippen LogP contribution is -2.30. The van der Waals surface area contributed by atoms with E-state index in [1.54, 1.807) is 4.40 Å². The van der Waals surface area contributed by atoms with Gasteiger partial charge >= 0.3 is 0 Å². The van der Waals surface area contributed by atoms with Gasteiger partial charge < -0.3 is 11.1 Å². The molecular formula is C12H16N4O. The highest BCUT2D eigenvalue weighted by Crippen LogP contribution is 2.13. The third-order valence-electron chi connectivity index (χ3n) is 2.60. The molecule has 2 rings (SSSR count). The Morgan fingerprint density at radius 1 is 1.53 bits per heavy atom. The number of aromatic nitrogens is 2. The van der Waals surface area contributed by atoms with Crippen LogP contribution in [-0.4, -0.2) is 28.4 Å². The first-order valence-electron chi connectivity index (χ1n) is 5.57. The molecule has 0 aliphatic carbocycles. The van der Waals surface area contributed by atoms with Crippen LogP contribution in [0.15, 0.2) is 18.3 Å². The van der Waals surface area contributed by atoms with E-state index in [-0.39, 0.29) is 5.91 Å². The van der Waals surface area contributed by atoms with E-state index < -0.39 is 0 Å². The summed E-state index contributed by atoms with van der Waals surface area (Å²) in [4.78, 5) is 16.3. The summed E-state index contributed by atoms with van der Waals surface area (Å²) < 4.78 is 1.80. The number of nitrogens with one attached hydrogen (secondary N) is 1. The van der Waals surface area contributed by atoms with Crippen molar-refractivity contribution in [1.29, 1.82) is 0 Å². The Morgan fingerprint density at radius 2 is 2.29 bits per heavy atom. The molecule has 0 aliphatic rings. The van der Waals surface area contributed by atoms with Crippen molar-refractivity contribution in [2.75, 3.05) is 13.1 Å². The Kier molecular flexibility index (Phi) is 3.10. The topological polar surface area (TPSA) is 72.4 Å². The van der Waals surface area contributed by atoms with Crippen molar-refractivity contribution in [2.45, 2.75) is 13.8 Å². The molecule has 0 spiro atoms. The Balaban J connectivity index is 2.46. The molecule has 2 heterocycles. The first kappa shape index (κ1) is 11.6. The highest BCUT2D eigenvalue weighted by molar-refractivity contribution is 5.94. The summed E-state index contributed by atoms with van der Waals surface area (Å²) in [6, 6.07) is 3.90. The van der Waals surface area contributed by atoms with Gasteiger partial charge in [0, 0.05) is 19.3 Å². The molecule has 0 aromatic carbocycles. The number of aryl methyl sites for hydroxylation is 2. The molecule has 0 atom stereocenters. The van der Waals surface area contributed by atoms with E-state index >= 15 is 0 Å². The minimum absolute atomic E-state index is 0.135. The Bertz CT molecular complexity index is 559. The molecule has 0 bridgehead atoms. The number of carbonyl (C=O) groups is 1. The van der Waals surface area contributed by atoms with Gasteiger partial charge in [-0.1, -0.05) is 0 Å². The van der Waals surface area contributed by atoms with Crippen LogP contribution in [-0.2, 0) is 0 Å². The summed E-state index contributed by atoms with van der Waals surface area (Å²) in [5.74, 6) is -0.135. The average molecular weight is 232 g/mol. The Morgan fingerprint density at radius 3 is 3.00 bits per heavy atom. The van der Waals surface area contributed by atoms with E-state index in [0.29, 0.717) is 18.8 Å². The van der Waals surface area contributed by atoms with Gasteiger partial charge in [-0.25, -0.2) is 4.98 Å². The standard InChI is InChI=1S/C12H16N4O/c1-8-3-6-16-10(7-8)15-9(2)11(16)12(17)14-5-4-13/h3,6-7H,4-5,13H2,1-2H3,(H,14,17). The third-order valence-corrected chi connectivity index (χ3v) is 2.60. The van der Waals surface area contributed by atoms with Crippen LogP contribution in [0.1, 0.15) is 21.7 Å².